The third kappa shape index (κ3) is 3.20. The Morgan fingerprint density at radius 3 is 2.10 bits per heavy atom. The number of halogens is 1. The molecule has 1 heteroatoms. The Bertz CT molecular complexity index is 698. The van der Waals surface area contributed by atoms with E-state index in [1.54, 1.807) is 0 Å². The lowest BCUT2D eigenvalue weighted by molar-refractivity contribution is 0.821. The highest BCUT2D eigenvalue weighted by molar-refractivity contribution is 6.30. The van der Waals surface area contributed by atoms with Crippen LogP contribution in [0.4, 0.5) is 0 Å². The third-order valence-electron chi connectivity index (χ3n) is 3.66. The van der Waals surface area contributed by atoms with Gasteiger partial charge in [0.1, 0.15) is 0 Å². The van der Waals surface area contributed by atoms with Crippen molar-refractivity contribution in [3.63, 3.8) is 0 Å². The molecule has 0 aliphatic carbocycles. The Hall–Kier alpha value is -1.79. The van der Waals surface area contributed by atoms with Gasteiger partial charge in [-0.05, 0) is 53.3 Å². The summed E-state index contributed by atoms with van der Waals surface area (Å²) in [4.78, 5) is 0. The number of fused-ring (bicyclic) bond motifs is 1. The second-order valence-electron chi connectivity index (χ2n) is 5.16. The monoisotopic (exact) mass is 280 g/mol. The molecule has 0 bridgehead atoms. The normalized spacial score (nSPS) is 10.8. The smallest absolute Gasteiger partial charge is 0.0406 e. The summed E-state index contributed by atoms with van der Waals surface area (Å²) in [5.41, 5.74) is 2.77. The Morgan fingerprint density at radius 2 is 1.30 bits per heavy atom. The molecule has 0 radical (unpaired) electrons. The fraction of sp³-hybridized carbons (Fsp3) is 0.158. The van der Waals surface area contributed by atoms with Crippen LogP contribution in [0.15, 0.2) is 66.7 Å². The SMILES string of the molecule is Clc1ccc(CCCc2ccc3ccccc3c2)cc1. The second kappa shape index (κ2) is 6.11. The van der Waals surface area contributed by atoms with Gasteiger partial charge >= 0.3 is 0 Å². The molecule has 0 amide bonds. The molecule has 0 saturated carbocycles. The zero-order valence-electron chi connectivity index (χ0n) is 11.4. The van der Waals surface area contributed by atoms with Gasteiger partial charge in [-0.25, -0.2) is 0 Å². The lowest BCUT2D eigenvalue weighted by Crippen LogP contribution is -1.90. The van der Waals surface area contributed by atoms with Gasteiger partial charge in [-0.3, -0.25) is 0 Å². The maximum atomic E-state index is 5.90. The first kappa shape index (κ1) is 13.2. The molecule has 0 fully saturated rings. The maximum absolute atomic E-state index is 5.90. The standard InChI is InChI=1S/C19H17Cl/c20-19-12-9-15(10-13-19)4-3-5-16-8-11-17-6-1-2-7-18(17)14-16/h1-2,6-14H,3-5H2. The molecule has 0 saturated heterocycles. The van der Waals surface area contributed by atoms with Crippen LogP contribution in [-0.4, -0.2) is 0 Å². The highest BCUT2D eigenvalue weighted by Gasteiger charge is 1.98. The van der Waals surface area contributed by atoms with Crippen molar-refractivity contribution in [2.24, 2.45) is 0 Å². The fourth-order valence-corrected chi connectivity index (χ4v) is 2.67. The minimum Gasteiger partial charge on any atom is -0.0843 e. The highest BCUT2D eigenvalue weighted by Crippen LogP contribution is 2.17. The largest absolute Gasteiger partial charge is 0.0843 e. The highest BCUT2D eigenvalue weighted by atomic mass is 35.5. The Balaban J connectivity index is 1.63. The molecule has 0 aliphatic heterocycles. The van der Waals surface area contributed by atoms with Gasteiger partial charge in [0.15, 0.2) is 0 Å². The molecule has 20 heavy (non-hydrogen) atoms. The summed E-state index contributed by atoms with van der Waals surface area (Å²) in [5, 5.41) is 3.45. The lowest BCUT2D eigenvalue weighted by Gasteiger charge is -2.05. The molecule has 0 spiro atoms. The topological polar surface area (TPSA) is 0 Å². The van der Waals surface area contributed by atoms with Gasteiger partial charge in [0.25, 0.3) is 0 Å². The summed E-state index contributed by atoms with van der Waals surface area (Å²) < 4.78 is 0. The van der Waals surface area contributed by atoms with Gasteiger partial charge in [-0.15, -0.1) is 0 Å². The van der Waals surface area contributed by atoms with Crippen molar-refractivity contribution in [2.45, 2.75) is 19.3 Å². The Labute approximate surface area is 125 Å². The van der Waals surface area contributed by atoms with Gasteiger partial charge in [0.2, 0.25) is 0 Å². The van der Waals surface area contributed by atoms with Crippen molar-refractivity contribution in [1.82, 2.24) is 0 Å². The number of aryl methyl sites for hydroxylation is 2. The van der Waals surface area contributed by atoms with Crippen molar-refractivity contribution in [3.8, 4) is 0 Å². The van der Waals surface area contributed by atoms with Gasteiger partial charge in [0, 0.05) is 5.02 Å². The van der Waals surface area contributed by atoms with Crippen LogP contribution in [-0.2, 0) is 12.8 Å². The summed E-state index contributed by atoms with van der Waals surface area (Å²) in [7, 11) is 0. The minimum absolute atomic E-state index is 0.809. The van der Waals surface area contributed by atoms with Crippen molar-refractivity contribution in [2.75, 3.05) is 0 Å². The molecule has 3 rings (SSSR count). The van der Waals surface area contributed by atoms with Crippen molar-refractivity contribution in [1.29, 1.82) is 0 Å². The number of hydrogen-bond acceptors (Lipinski definition) is 0. The fourth-order valence-electron chi connectivity index (χ4n) is 2.54. The van der Waals surface area contributed by atoms with E-state index in [1.165, 1.54) is 28.3 Å². The first-order chi connectivity index (χ1) is 9.81. The van der Waals surface area contributed by atoms with E-state index in [0.717, 1.165) is 17.9 Å². The molecule has 3 aromatic carbocycles. The third-order valence-corrected chi connectivity index (χ3v) is 3.91. The Kier molecular flexibility index (Phi) is 4.03. The number of rotatable bonds is 4. The van der Waals surface area contributed by atoms with Gasteiger partial charge in [-0.1, -0.05) is 66.2 Å². The predicted octanol–water partition coefficient (Wildman–Crippen LogP) is 5.67. The zero-order chi connectivity index (χ0) is 13.8. The van der Waals surface area contributed by atoms with Crippen LogP contribution in [0.1, 0.15) is 17.5 Å². The first-order valence-corrected chi connectivity index (χ1v) is 7.41. The average molecular weight is 281 g/mol. The molecule has 0 nitrogen and oxygen atoms in total. The summed E-state index contributed by atoms with van der Waals surface area (Å²) >= 11 is 5.90. The van der Waals surface area contributed by atoms with E-state index >= 15 is 0 Å². The van der Waals surface area contributed by atoms with E-state index in [1.807, 2.05) is 12.1 Å². The predicted molar refractivity (Wildman–Crippen MR) is 87.4 cm³/mol. The van der Waals surface area contributed by atoms with Crippen molar-refractivity contribution in [3.05, 3.63) is 82.9 Å². The molecule has 0 aromatic heterocycles. The number of hydrogen-bond donors (Lipinski definition) is 0. The van der Waals surface area contributed by atoms with Crippen LogP contribution < -0.4 is 0 Å². The van der Waals surface area contributed by atoms with E-state index in [9.17, 15) is 0 Å². The lowest BCUT2D eigenvalue weighted by atomic mass is 10.0. The molecular formula is C19H17Cl. The first-order valence-electron chi connectivity index (χ1n) is 7.03. The molecular weight excluding hydrogens is 264 g/mol. The molecule has 100 valence electrons. The average Bonchev–Trinajstić information content (AvgIpc) is 2.49. The van der Waals surface area contributed by atoms with Gasteiger partial charge in [-0.2, -0.15) is 0 Å². The molecule has 0 heterocycles. The van der Waals surface area contributed by atoms with Gasteiger partial charge in [0.05, 0.1) is 0 Å². The summed E-state index contributed by atoms with van der Waals surface area (Å²) in [6, 6.07) is 23.4. The second-order valence-corrected chi connectivity index (χ2v) is 5.60. The molecule has 0 atom stereocenters. The van der Waals surface area contributed by atoms with Crippen LogP contribution in [0.3, 0.4) is 0 Å². The number of benzene rings is 3. The molecule has 0 N–H and O–H groups in total. The van der Waals surface area contributed by atoms with Crippen LogP contribution in [0.2, 0.25) is 5.02 Å². The maximum Gasteiger partial charge on any atom is 0.0406 e. The summed E-state index contributed by atoms with van der Waals surface area (Å²) in [5.74, 6) is 0. The van der Waals surface area contributed by atoms with Gasteiger partial charge < -0.3 is 0 Å². The zero-order valence-corrected chi connectivity index (χ0v) is 12.1. The summed E-state index contributed by atoms with van der Waals surface area (Å²) in [6.07, 6.45) is 3.39. The molecule has 3 aromatic rings. The van der Waals surface area contributed by atoms with Crippen LogP contribution in [0, 0.1) is 0 Å². The van der Waals surface area contributed by atoms with E-state index in [-0.39, 0.29) is 0 Å². The van der Waals surface area contributed by atoms with Crippen molar-refractivity contribution < 1.29 is 0 Å². The Morgan fingerprint density at radius 1 is 0.650 bits per heavy atom. The van der Waals surface area contributed by atoms with E-state index in [0.29, 0.717) is 0 Å². The summed E-state index contributed by atoms with van der Waals surface area (Å²) in [6.45, 7) is 0. The van der Waals surface area contributed by atoms with E-state index in [2.05, 4.69) is 54.6 Å². The van der Waals surface area contributed by atoms with Crippen LogP contribution >= 0.6 is 11.6 Å². The van der Waals surface area contributed by atoms with Crippen molar-refractivity contribution >= 4 is 22.4 Å². The van der Waals surface area contributed by atoms with Crippen LogP contribution in [0.25, 0.3) is 10.8 Å². The van der Waals surface area contributed by atoms with Crippen LogP contribution in [0.5, 0.6) is 0 Å². The quantitative estimate of drug-likeness (QED) is 0.578. The van der Waals surface area contributed by atoms with E-state index < -0.39 is 0 Å². The molecule has 0 aliphatic rings. The molecule has 0 unspecified atom stereocenters. The van der Waals surface area contributed by atoms with E-state index in [4.69, 9.17) is 11.6 Å². The minimum atomic E-state index is 0.809.